The highest BCUT2D eigenvalue weighted by Gasteiger charge is 2.06. The Morgan fingerprint density at radius 3 is 2.29 bits per heavy atom. The quantitative estimate of drug-likeness (QED) is 0.784. The second-order valence-corrected chi connectivity index (χ2v) is 3.94. The number of anilines is 1. The van der Waals surface area contributed by atoms with Gasteiger partial charge in [-0.2, -0.15) is 0 Å². The Hall–Kier alpha value is -2.10. The van der Waals surface area contributed by atoms with Crippen molar-refractivity contribution in [3.8, 4) is 0 Å². The van der Waals surface area contributed by atoms with E-state index < -0.39 is 5.97 Å². The number of amides is 1. The summed E-state index contributed by atoms with van der Waals surface area (Å²) < 4.78 is 0. The maximum absolute atomic E-state index is 11.4. The molecular formula is C13H15NO3. The van der Waals surface area contributed by atoms with Crippen LogP contribution in [0.15, 0.2) is 30.3 Å². The number of nitrogens with one attached hydrogen (secondary N) is 1. The molecule has 0 fully saturated rings. The first kappa shape index (κ1) is 13.0. The van der Waals surface area contributed by atoms with Gasteiger partial charge in [0.15, 0.2) is 0 Å². The summed E-state index contributed by atoms with van der Waals surface area (Å²) in [5, 5.41) is 11.2. The summed E-state index contributed by atoms with van der Waals surface area (Å²) >= 11 is 0. The highest BCUT2D eigenvalue weighted by molar-refractivity contribution is 5.92. The minimum Gasteiger partial charge on any atom is -0.478 e. The topological polar surface area (TPSA) is 66.4 Å². The highest BCUT2D eigenvalue weighted by Crippen LogP contribution is 2.11. The molecule has 0 aliphatic heterocycles. The van der Waals surface area contributed by atoms with Gasteiger partial charge in [-0.15, -0.1) is 0 Å². The largest absolute Gasteiger partial charge is 0.478 e. The lowest BCUT2D eigenvalue weighted by Gasteiger charge is -2.07. The van der Waals surface area contributed by atoms with Crippen LogP contribution in [0.1, 0.15) is 19.4 Å². The zero-order chi connectivity index (χ0) is 12.8. The minimum atomic E-state index is -0.984. The summed E-state index contributed by atoms with van der Waals surface area (Å²) in [5.41, 5.74) is 1.48. The molecule has 1 amide bonds. The van der Waals surface area contributed by atoms with E-state index in [0.717, 1.165) is 11.6 Å². The monoisotopic (exact) mass is 233 g/mol. The molecule has 2 N–H and O–H groups in total. The van der Waals surface area contributed by atoms with Crippen molar-refractivity contribution >= 4 is 23.6 Å². The zero-order valence-corrected chi connectivity index (χ0v) is 9.81. The van der Waals surface area contributed by atoms with Gasteiger partial charge in [-0.05, 0) is 23.8 Å². The highest BCUT2D eigenvalue weighted by atomic mass is 16.4. The molecule has 0 bridgehead atoms. The molecule has 4 nitrogen and oxygen atoms in total. The third-order valence-electron chi connectivity index (χ3n) is 2.12. The molecule has 0 atom stereocenters. The second kappa shape index (κ2) is 5.84. The number of hydrogen-bond acceptors (Lipinski definition) is 2. The molecule has 0 spiro atoms. The van der Waals surface area contributed by atoms with E-state index in [9.17, 15) is 9.59 Å². The van der Waals surface area contributed by atoms with Crippen molar-refractivity contribution in [2.75, 3.05) is 5.32 Å². The van der Waals surface area contributed by atoms with E-state index in [-0.39, 0.29) is 11.8 Å². The molecule has 0 aliphatic rings. The normalized spacial score (nSPS) is 10.8. The van der Waals surface area contributed by atoms with Crippen molar-refractivity contribution < 1.29 is 14.7 Å². The molecule has 90 valence electrons. The number of benzene rings is 1. The lowest BCUT2D eigenvalue weighted by atomic mass is 10.1. The van der Waals surface area contributed by atoms with E-state index in [1.807, 2.05) is 13.8 Å². The number of carboxylic acid groups (broad SMARTS) is 1. The van der Waals surface area contributed by atoms with Gasteiger partial charge in [0.25, 0.3) is 0 Å². The van der Waals surface area contributed by atoms with Crippen LogP contribution >= 0.6 is 0 Å². The summed E-state index contributed by atoms with van der Waals surface area (Å²) in [6.45, 7) is 3.64. The number of aliphatic carboxylic acids is 1. The molecule has 0 unspecified atom stereocenters. The van der Waals surface area contributed by atoms with Gasteiger partial charge in [-0.1, -0.05) is 26.0 Å². The van der Waals surface area contributed by atoms with Gasteiger partial charge in [0.1, 0.15) is 0 Å². The van der Waals surface area contributed by atoms with E-state index in [4.69, 9.17) is 5.11 Å². The van der Waals surface area contributed by atoms with Crippen molar-refractivity contribution in [3.05, 3.63) is 35.9 Å². The van der Waals surface area contributed by atoms with Gasteiger partial charge < -0.3 is 10.4 Å². The number of rotatable bonds is 4. The number of carboxylic acids is 1. The first-order valence-electron chi connectivity index (χ1n) is 5.31. The van der Waals surface area contributed by atoms with Crippen LogP contribution in [-0.2, 0) is 9.59 Å². The van der Waals surface area contributed by atoms with Gasteiger partial charge in [0.2, 0.25) is 5.91 Å². The molecule has 0 aromatic heterocycles. The van der Waals surface area contributed by atoms with Crippen molar-refractivity contribution in [1.29, 1.82) is 0 Å². The Morgan fingerprint density at radius 2 is 1.82 bits per heavy atom. The van der Waals surface area contributed by atoms with Gasteiger partial charge in [0, 0.05) is 17.7 Å². The lowest BCUT2D eigenvalue weighted by molar-refractivity contribution is -0.131. The average Bonchev–Trinajstić information content (AvgIpc) is 2.28. The number of carbonyl (C=O) groups excluding carboxylic acids is 1. The molecule has 4 heteroatoms. The van der Waals surface area contributed by atoms with Gasteiger partial charge in [0.05, 0.1) is 0 Å². The predicted octanol–water partition coefficient (Wildman–Crippen LogP) is 2.38. The standard InChI is InChI=1S/C13H15NO3/c1-9(2)13(17)14-11-6-3-10(4-7-11)5-8-12(15)16/h3-9H,1-2H3,(H,14,17)(H,15,16)/b8-5+. The predicted molar refractivity (Wildman–Crippen MR) is 66.6 cm³/mol. The van der Waals surface area contributed by atoms with Gasteiger partial charge in [-0.25, -0.2) is 4.79 Å². The Morgan fingerprint density at radius 1 is 1.24 bits per heavy atom. The van der Waals surface area contributed by atoms with Crippen LogP contribution in [0.25, 0.3) is 6.08 Å². The lowest BCUT2D eigenvalue weighted by Crippen LogP contribution is -2.17. The maximum atomic E-state index is 11.4. The van der Waals surface area contributed by atoms with E-state index in [0.29, 0.717) is 5.69 Å². The minimum absolute atomic E-state index is 0.0428. The third-order valence-corrected chi connectivity index (χ3v) is 2.12. The molecule has 0 saturated carbocycles. The number of carbonyl (C=O) groups is 2. The Labute approximate surface area is 100.0 Å². The van der Waals surface area contributed by atoms with Crippen LogP contribution in [0, 0.1) is 5.92 Å². The summed E-state index contributed by atoms with van der Waals surface area (Å²) in [4.78, 5) is 21.7. The second-order valence-electron chi connectivity index (χ2n) is 3.94. The van der Waals surface area contributed by atoms with Crippen LogP contribution in [0.4, 0.5) is 5.69 Å². The van der Waals surface area contributed by atoms with Crippen LogP contribution < -0.4 is 5.32 Å². The van der Waals surface area contributed by atoms with E-state index in [1.165, 1.54) is 6.08 Å². The zero-order valence-electron chi connectivity index (χ0n) is 9.81. The van der Waals surface area contributed by atoms with Crippen LogP contribution in [0.2, 0.25) is 0 Å². The fraction of sp³-hybridized carbons (Fsp3) is 0.231. The maximum Gasteiger partial charge on any atom is 0.328 e. The fourth-order valence-corrected chi connectivity index (χ4v) is 1.13. The fourth-order valence-electron chi connectivity index (χ4n) is 1.13. The molecule has 0 aliphatic carbocycles. The van der Waals surface area contributed by atoms with Crippen LogP contribution in [0.5, 0.6) is 0 Å². The van der Waals surface area contributed by atoms with Crippen molar-refractivity contribution in [3.63, 3.8) is 0 Å². The summed E-state index contributed by atoms with van der Waals surface area (Å²) in [6.07, 6.45) is 2.57. The average molecular weight is 233 g/mol. The Kier molecular flexibility index (Phi) is 4.46. The molecule has 1 aromatic rings. The number of hydrogen-bond donors (Lipinski definition) is 2. The molecule has 0 heterocycles. The van der Waals surface area contributed by atoms with Crippen LogP contribution in [-0.4, -0.2) is 17.0 Å². The van der Waals surface area contributed by atoms with E-state index in [2.05, 4.69) is 5.32 Å². The van der Waals surface area contributed by atoms with Crippen molar-refractivity contribution in [1.82, 2.24) is 0 Å². The SMILES string of the molecule is CC(C)C(=O)Nc1ccc(/C=C/C(=O)O)cc1. The molecular weight excluding hydrogens is 218 g/mol. The molecule has 17 heavy (non-hydrogen) atoms. The first-order valence-corrected chi connectivity index (χ1v) is 5.31. The third kappa shape index (κ3) is 4.51. The van der Waals surface area contributed by atoms with Crippen molar-refractivity contribution in [2.45, 2.75) is 13.8 Å². The Balaban J connectivity index is 2.68. The molecule has 1 rings (SSSR count). The smallest absolute Gasteiger partial charge is 0.328 e. The molecule has 1 aromatic carbocycles. The molecule has 0 saturated heterocycles. The van der Waals surface area contributed by atoms with Crippen LogP contribution in [0.3, 0.4) is 0 Å². The summed E-state index contributed by atoms with van der Waals surface area (Å²) in [7, 11) is 0. The first-order chi connectivity index (χ1) is 7.99. The van der Waals surface area contributed by atoms with Gasteiger partial charge >= 0.3 is 5.97 Å². The summed E-state index contributed by atoms with van der Waals surface area (Å²) in [5.74, 6) is -1.09. The van der Waals surface area contributed by atoms with Gasteiger partial charge in [-0.3, -0.25) is 4.79 Å². The summed E-state index contributed by atoms with van der Waals surface area (Å²) in [6, 6.07) is 6.97. The van der Waals surface area contributed by atoms with E-state index in [1.54, 1.807) is 24.3 Å². The van der Waals surface area contributed by atoms with E-state index >= 15 is 0 Å². The molecule has 0 radical (unpaired) electrons. The Bertz CT molecular complexity index is 432. The van der Waals surface area contributed by atoms with Crippen molar-refractivity contribution in [2.24, 2.45) is 5.92 Å².